The number of nitrogens with one attached hydrogen (secondary N) is 1. The maximum atomic E-state index is 5.41. The second kappa shape index (κ2) is 7.26. The molecule has 2 aromatic heterocycles. The van der Waals surface area contributed by atoms with E-state index in [1.807, 2.05) is 12.3 Å². The van der Waals surface area contributed by atoms with Crippen LogP contribution < -0.4 is 15.1 Å². The highest BCUT2D eigenvalue weighted by atomic mass is 16.5. The minimum Gasteiger partial charge on any atom is -0.378 e. The summed E-state index contributed by atoms with van der Waals surface area (Å²) in [4.78, 5) is 22.6. The number of aromatic nitrogens is 4. The van der Waals surface area contributed by atoms with Gasteiger partial charge in [-0.3, -0.25) is 0 Å². The molecule has 2 aromatic rings. The van der Waals surface area contributed by atoms with Crippen molar-refractivity contribution in [2.75, 3.05) is 54.5 Å². The van der Waals surface area contributed by atoms with Crippen LogP contribution in [-0.2, 0) is 4.74 Å². The second-order valence-corrected chi connectivity index (χ2v) is 7.49. The van der Waals surface area contributed by atoms with E-state index in [1.165, 1.54) is 18.5 Å². The van der Waals surface area contributed by atoms with Gasteiger partial charge in [0.2, 0.25) is 5.95 Å². The van der Waals surface area contributed by atoms with Crippen LogP contribution in [0, 0.1) is 0 Å². The Labute approximate surface area is 159 Å². The van der Waals surface area contributed by atoms with Crippen molar-refractivity contribution < 1.29 is 4.74 Å². The summed E-state index contributed by atoms with van der Waals surface area (Å²) in [6, 6.07) is 4.47. The Balaban J connectivity index is 1.23. The van der Waals surface area contributed by atoms with Crippen LogP contribution in [0.2, 0.25) is 0 Å². The summed E-state index contributed by atoms with van der Waals surface area (Å²) in [6.07, 6.45) is 7.14. The van der Waals surface area contributed by atoms with E-state index in [0.29, 0.717) is 12.0 Å². The van der Waals surface area contributed by atoms with Crippen LogP contribution in [0.1, 0.15) is 30.9 Å². The number of hydrogen-bond donors (Lipinski definition) is 1. The monoisotopic (exact) mass is 367 g/mol. The lowest BCUT2D eigenvalue weighted by Gasteiger charge is -2.27. The van der Waals surface area contributed by atoms with E-state index < -0.39 is 0 Å². The normalized spacial score (nSPS) is 22.9. The van der Waals surface area contributed by atoms with Gasteiger partial charge in [-0.1, -0.05) is 0 Å². The number of hydrogen-bond acceptors (Lipinski definition) is 8. The molecule has 1 unspecified atom stereocenters. The molecule has 1 atom stereocenters. The van der Waals surface area contributed by atoms with Gasteiger partial charge in [-0.2, -0.15) is 4.98 Å². The molecule has 1 saturated carbocycles. The molecule has 0 amide bonds. The summed E-state index contributed by atoms with van der Waals surface area (Å²) in [5.41, 5.74) is 1.20. The smallest absolute Gasteiger partial charge is 0.227 e. The van der Waals surface area contributed by atoms with Crippen molar-refractivity contribution in [2.45, 2.75) is 31.2 Å². The van der Waals surface area contributed by atoms with Gasteiger partial charge in [-0.15, -0.1) is 0 Å². The van der Waals surface area contributed by atoms with Crippen LogP contribution in [-0.4, -0.2) is 65.4 Å². The highest BCUT2D eigenvalue weighted by Crippen LogP contribution is 2.39. The van der Waals surface area contributed by atoms with Crippen LogP contribution in [0.5, 0.6) is 0 Å². The van der Waals surface area contributed by atoms with Crippen LogP contribution >= 0.6 is 0 Å². The van der Waals surface area contributed by atoms with E-state index in [4.69, 9.17) is 9.72 Å². The maximum absolute atomic E-state index is 5.41. The minimum absolute atomic E-state index is 0.358. The van der Waals surface area contributed by atoms with Crippen molar-refractivity contribution in [1.82, 2.24) is 19.9 Å². The summed E-state index contributed by atoms with van der Waals surface area (Å²) in [7, 11) is 0. The molecule has 27 heavy (non-hydrogen) atoms. The van der Waals surface area contributed by atoms with Gasteiger partial charge in [0, 0.05) is 56.1 Å². The molecule has 8 nitrogen and oxygen atoms in total. The third-order valence-electron chi connectivity index (χ3n) is 5.47. The lowest BCUT2D eigenvalue weighted by atomic mass is 10.2. The largest absolute Gasteiger partial charge is 0.378 e. The number of rotatable bonds is 5. The van der Waals surface area contributed by atoms with Gasteiger partial charge in [0.1, 0.15) is 18.0 Å². The third-order valence-corrected chi connectivity index (χ3v) is 5.47. The van der Waals surface area contributed by atoms with Crippen LogP contribution in [0.25, 0.3) is 0 Å². The maximum Gasteiger partial charge on any atom is 0.227 e. The molecule has 8 heteroatoms. The van der Waals surface area contributed by atoms with Crippen molar-refractivity contribution in [3.05, 3.63) is 30.4 Å². The average Bonchev–Trinajstić information content (AvgIpc) is 3.48. The molecule has 0 spiro atoms. The summed E-state index contributed by atoms with van der Waals surface area (Å²) < 4.78 is 5.41. The van der Waals surface area contributed by atoms with E-state index >= 15 is 0 Å². The van der Waals surface area contributed by atoms with Gasteiger partial charge in [0.15, 0.2) is 0 Å². The molecule has 2 saturated heterocycles. The molecule has 4 heterocycles. The first kappa shape index (κ1) is 16.7. The minimum atomic E-state index is 0.358. The lowest BCUT2D eigenvalue weighted by Crippen LogP contribution is -2.37. The van der Waals surface area contributed by atoms with Crippen molar-refractivity contribution in [1.29, 1.82) is 0 Å². The molecular weight excluding hydrogens is 342 g/mol. The zero-order valence-electron chi connectivity index (χ0n) is 15.4. The average molecular weight is 367 g/mol. The van der Waals surface area contributed by atoms with Crippen molar-refractivity contribution >= 4 is 17.6 Å². The first-order chi connectivity index (χ1) is 13.3. The number of anilines is 3. The predicted octanol–water partition coefficient (Wildman–Crippen LogP) is 1.67. The number of morpholine rings is 1. The van der Waals surface area contributed by atoms with Crippen LogP contribution in [0.4, 0.5) is 17.6 Å². The van der Waals surface area contributed by atoms with Gasteiger partial charge < -0.3 is 19.9 Å². The molecule has 0 aromatic carbocycles. The van der Waals surface area contributed by atoms with Crippen molar-refractivity contribution in [3.8, 4) is 0 Å². The van der Waals surface area contributed by atoms with E-state index in [-0.39, 0.29) is 0 Å². The molecule has 142 valence electrons. The Morgan fingerprint density at radius 3 is 2.74 bits per heavy atom. The molecule has 5 rings (SSSR count). The van der Waals surface area contributed by atoms with Gasteiger partial charge in [0.05, 0.1) is 13.2 Å². The number of nitrogens with zero attached hydrogens (tertiary/aromatic N) is 6. The zero-order valence-corrected chi connectivity index (χ0v) is 15.4. The first-order valence-electron chi connectivity index (χ1n) is 9.84. The molecule has 0 bridgehead atoms. The fourth-order valence-corrected chi connectivity index (χ4v) is 3.78. The van der Waals surface area contributed by atoms with Gasteiger partial charge in [-0.05, 0) is 25.3 Å². The van der Waals surface area contributed by atoms with Gasteiger partial charge in [0.25, 0.3) is 0 Å². The van der Waals surface area contributed by atoms with Crippen molar-refractivity contribution in [2.24, 2.45) is 0 Å². The second-order valence-electron chi connectivity index (χ2n) is 7.49. The third kappa shape index (κ3) is 3.80. The fourth-order valence-electron chi connectivity index (χ4n) is 3.78. The predicted molar refractivity (Wildman–Crippen MR) is 103 cm³/mol. The molecular formula is C19H25N7O. The Hall–Kier alpha value is -2.48. The highest BCUT2D eigenvalue weighted by molar-refractivity contribution is 5.46. The standard InChI is InChI=1S/C19H25N7O/c1-2-14(1)16-11-18(22-13-21-16)26-6-4-15(12-26)23-17-3-5-20-19(24-17)25-7-9-27-10-8-25/h3,5,11,13-15H,1-2,4,6-10,12H2,(H,20,23,24). The number of ether oxygens (including phenoxy) is 1. The first-order valence-corrected chi connectivity index (χ1v) is 9.84. The Bertz CT molecular complexity index is 791. The summed E-state index contributed by atoms with van der Waals surface area (Å²) in [5.74, 6) is 3.37. The Morgan fingerprint density at radius 2 is 1.89 bits per heavy atom. The zero-order chi connectivity index (χ0) is 18.1. The summed E-state index contributed by atoms with van der Waals surface area (Å²) in [5, 5.41) is 3.58. The van der Waals surface area contributed by atoms with Gasteiger partial charge >= 0.3 is 0 Å². The van der Waals surface area contributed by atoms with E-state index in [1.54, 1.807) is 6.33 Å². The van der Waals surface area contributed by atoms with Crippen LogP contribution in [0.15, 0.2) is 24.7 Å². The molecule has 2 aliphatic heterocycles. The summed E-state index contributed by atoms with van der Waals surface area (Å²) in [6.45, 7) is 5.09. The quantitative estimate of drug-likeness (QED) is 0.855. The lowest BCUT2D eigenvalue weighted by molar-refractivity contribution is 0.122. The molecule has 3 aliphatic rings. The highest BCUT2D eigenvalue weighted by Gasteiger charge is 2.28. The van der Waals surface area contributed by atoms with Crippen molar-refractivity contribution in [3.63, 3.8) is 0 Å². The van der Waals surface area contributed by atoms with E-state index in [2.05, 4.69) is 36.1 Å². The Kier molecular flexibility index (Phi) is 4.49. The fraction of sp³-hybridized carbons (Fsp3) is 0.579. The van der Waals surface area contributed by atoms with E-state index in [9.17, 15) is 0 Å². The van der Waals surface area contributed by atoms with Gasteiger partial charge in [-0.25, -0.2) is 15.0 Å². The molecule has 1 N–H and O–H groups in total. The molecule has 3 fully saturated rings. The molecule has 0 radical (unpaired) electrons. The topological polar surface area (TPSA) is 79.3 Å². The summed E-state index contributed by atoms with van der Waals surface area (Å²) >= 11 is 0. The van der Waals surface area contributed by atoms with Crippen LogP contribution in [0.3, 0.4) is 0 Å². The Morgan fingerprint density at radius 1 is 1.00 bits per heavy atom. The SMILES string of the molecule is c1nc(C2CC2)cc(N2CCC(Nc3ccnc(N4CCOCC4)n3)C2)n1. The van der Waals surface area contributed by atoms with E-state index in [0.717, 1.165) is 63.4 Å². The molecule has 1 aliphatic carbocycles.